The molecule has 6 heteroatoms. The molecule has 1 aromatic heterocycles. The Balaban J connectivity index is 1.13. The van der Waals surface area contributed by atoms with Gasteiger partial charge in [0.05, 0.1) is 12.6 Å². The highest BCUT2D eigenvalue weighted by Crippen LogP contribution is 2.30. The van der Waals surface area contributed by atoms with E-state index in [4.69, 9.17) is 4.52 Å². The molecule has 5 rings (SSSR count). The lowest BCUT2D eigenvalue weighted by Gasteiger charge is -2.32. The van der Waals surface area contributed by atoms with Gasteiger partial charge in [0.25, 0.3) is 0 Å². The van der Waals surface area contributed by atoms with Gasteiger partial charge in [-0.15, -0.1) is 0 Å². The molecule has 1 fully saturated rings. The molecule has 166 valence electrons. The predicted molar refractivity (Wildman–Crippen MR) is 123 cm³/mol. The summed E-state index contributed by atoms with van der Waals surface area (Å²) in [7, 11) is 0. The summed E-state index contributed by atoms with van der Waals surface area (Å²) in [6.45, 7) is 4.41. The first-order valence-electron chi connectivity index (χ1n) is 11.7. The second-order valence-corrected chi connectivity index (χ2v) is 9.08. The Hall–Kier alpha value is -2.99. The maximum atomic E-state index is 13.0. The molecule has 3 aromatic rings. The topological polar surface area (TPSA) is 71.3 Å². The van der Waals surface area contributed by atoms with Crippen LogP contribution in [0.15, 0.2) is 53.1 Å². The lowest BCUT2D eigenvalue weighted by molar-refractivity contribution is -0.127. The Morgan fingerprint density at radius 2 is 1.88 bits per heavy atom. The average molecular weight is 431 g/mol. The van der Waals surface area contributed by atoms with E-state index in [0.29, 0.717) is 18.3 Å². The molecular formula is C26H30N4O2. The number of carbonyl (C=O) groups excluding carboxylic acids is 1. The molecule has 0 spiro atoms. The van der Waals surface area contributed by atoms with E-state index in [9.17, 15) is 4.79 Å². The fourth-order valence-corrected chi connectivity index (χ4v) is 4.88. The first-order valence-corrected chi connectivity index (χ1v) is 11.7. The Morgan fingerprint density at radius 1 is 1.09 bits per heavy atom. The van der Waals surface area contributed by atoms with E-state index in [1.165, 1.54) is 16.7 Å². The molecule has 0 saturated carbocycles. The van der Waals surface area contributed by atoms with E-state index in [-0.39, 0.29) is 17.9 Å². The van der Waals surface area contributed by atoms with Gasteiger partial charge in [-0.1, -0.05) is 59.3 Å². The molecule has 6 nitrogen and oxygen atoms in total. The Kier molecular flexibility index (Phi) is 6.04. The maximum absolute atomic E-state index is 13.0. The van der Waals surface area contributed by atoms with Crippen LogP contribution in [-0.4, -0.2) is 34.0 Å². The normalized spacial score (nSPS) is 19.5. The molecule has 0 radical (unpaired) electrons. The van der Waals surface area contributed by atoms with Gasteiger partial charge in [0.1, 0.15) is 0 Å². The Labute approximate surface area is 189 Å². The number of aromatic nitrogens is 2. The standard InChI is InChI=1S/C26H30N4O2/c1-18-9-11-20(12-10-18)25-28-24(32-29-25)17-30-15-13-21(14-16-30)26(31)27-23-8-4-6-19-5-2-3-7-22(19)23/h2-3,5,7,9-12,21,23H,4,6,8,13-17H2,1H3,(H,27,31). The van der Waals surface area contributed by atoms with Gasteiger partial charge in [-0.2, -0.15) is 4.98 Å². The van der Waals surface area contributed by atoms with Gasteiger partial charge in [-0.25, -0.2) is 0 Å². The third-order valence-electron chi connectivity index (χ3n) is 6.78. The van der Waals surface area contributed by atoms with Crippen LogP contribution < -0.4 is 5.32 Å². The van der Waals surface area contributed by atoms with Crippen LogP contribution in [0.3, 0.4) is 0 Å². The van der Waals surface area contributed by atoms with Crippen LogP contribution in [-0.2, 0) is 17.8 Å². The molecule has 1 saturated heterocycles. The van der Waals surface area contributed by atoms with Crippen molar-refractivity contribution in [1.29, 1.82) is 0 Å². The second-order valence-electron chi connectivity index (χ2n) is 9.08. The van der Waals surface area contributed by atoms with Crippen LogP contribution in [0.1, 0.15) is 54.3 Å². The number of nitrogens with one attached hydrogen (secondary N) is 1. The minimum absolute atomic E-state index is 0.0751. The number of rotatable bonds is 5. The molecule has 2 aromatic carbocycles. The highest BCUT2D eigenvalue weighted by molar-refractivity contribution is 5.79. The number of benzene rings is 2. The molecule has 1 aliphatic heterocycles. The van der Waals surface area contributed by atoms with E-state index in [0.717, 1.165) is 50.8 Å². The van der Waals surface area contributed by atoms with E-state index < -0.39 is 0 Å². The number of hydrogen-bond donors (Lipinski definition) is 1. The monoisotopic (exact) mass is 430 g/mol. The van der Waals surface area contributed by atoms with E-state index in [1.54, 1.807) is 0 Å². The summed E-state index contributed by atoms with van der Waals surface area (Å²) in [6, 6.07) is 16.8. The molecular weight excluding hydrogens is 400 g/mol. The summed E-state index contributed by atoms with van der Waals surface area (Å²) in [4.78, 5) is 19.8. The van der Waals surface area contributed by atoms with Crippen molar-refractivity contribution in [2.45, 2.75) is 51.6 Å². The van der Waals surface area contributed by atoms with Gasteiger partial charge < -0.3 is 9.84 Å². The number of aryl methyl sites for hydroxylation is 2. The van der Waals surface area contributed by atoms with Crippen LogP contribution in [0.25, 0.3) is 11.4 Å². The fourth-order valence-electron chi connectivity index (χ4n) is 4.88. The highest BCUT2D eigenvalue weighted by atomic mass is 16.5. The number of likely N-dealkylation sites (tertiary alicyclic amines) is 1. The number of piperidine rings is 1. The van der Waals surface area contributed by atoms with Gasteiger partial charge in [-0.3, -0.25) is 9.69 Å². The molecule has 1 amide bonds. The number of nitrogens with zero attached hydrogens (tertiary/aromatic N) is 3. The zero-order chi connectivity index (χ0) is 21.9. The molecule has 1 aliphatic carbocycles. The highest BCUT2D eigenvalue weighted by Gasteiger charge is 2.29. The van der Waals surface area contributed by atoms with E-state index in [2.05, 4.69) is 51.5 Å². The van der Waals surface area contributed by atoms with Crippen LogP contribution in [0.5, 0.6) is 0 Å². The summed E-state index contributed by atoms with van der Waals surface area (Å²) in [5, 5.41) is 7.47. The molecule has 2 aliphatic rings. The van der Waals surface area contributed by atoms with Gasteiger partial charge in [-0.05, 0) is 63.2 Å². The number of fused-ring (bicyclic) bond motifs is 1. The Bertz CT molecular complexity index is 1070. The lowest BCUT2D eigenvalue weighted by atomic mass is 9.87. The first kappa shape index (κ1) is 20.9. The zero-order valence-electron chi connectivity index (χ0n) is 18.6. The summed E-state index contributed by atoms with van der Waals surface area (Å²) in [5.74, 6) is 1.53. The van der Waals surface area contributed by atoms with Crippen LogP contribution in [0.4, 0.5) is 0 Å². The van der Waals surface area contributed by atoms with Crippen LogP contribution >= 0.6 is 0 Å². The molecule has 32 heavy (non-hydrogen) atoms. The SMILES string of the molecule is Cc1ccc(-c2noc(CN3CCC(C(=O)NC4CCCc5ccccc54)CC3)n2)cc1. The average Bonchev–Trinajstić information content (AvgIpc) is 3.29. The molecule has 1 unspecified atom stereocenters. The van der Waals surface area contributed by atoms with Crippen molar-refractivity contribution in [2.75, 3.05) is 13.1 Å². The largest absolute Gasteiger partial charge is 0.349 e. The molecule has 0 bridgehead atoms. The van der Waals surface area contributed by atoms with Crippen LogP contribution in [0, 0.1) is 12.8 Å². The van der Waals surface area contributed by atoms with Gasteiger partial charge >= 0.3 is 0 Å². The maximum Gasteiger partial charge on any atom is 0.241 e. The minimum Gasteiger partial charge on any atom is -0.349 e. The Morgan fingerprint density at radius 3 is 2.69 bits per heavy atom. The van der Waals surface area contributed by atoms with Crippen molar-refractivity contribution in [3.8, 4) is 11.4 Å². The minimum atomic E-state index is 0.0751. The zero-order valence-corrected chi connectivity index (χ0v) is 18.6. The van der Waals surface area contributed by atoms with Crippen molar-refractivity contribution in [3.63, 3.8) is 0 Å². The molecule has 1 N–H and O–H groups in total. The number of hydrogen-bond acceptors (Lipinski definition) is 5. The fraction of sp³-hybridized carbons (Fsp3) is 0.423. The summed E-state index contributed by atoms with van der Waals surface area (Å²) >= 11 is 0. The quantitative estimate of drug-likeness (QED) is 0.647. The van der Waals surface area contributed by atoms with Gasteiger partial charge in [0, 0.05) is 11.5 Å². The van der Waals surface area contributed by atoms with Crippen molar-refractivity contribution in [3.05, 3.63) is 71.1 Å². The van der Waals surface area contributed by atoms with E-state index >= 15 is 0 Å². The molecule has 1 atom stereocenters. The van der Waals surface area contributed by atoms with Gasteiger partial charge in [0.2, 0.25) is 17.6 Å². The van der Waals surface area contributed by atoms with E-state index in [1.807, 2.05) is 24.3 Å². The van der Waals surface area contributed by atoms with Crippen molar-refractivity contribution in [1.82, 2.24) is 20.4 Å². The van der Waals surface area contributed by atoms with Crippen molar-refractivity contribution >= 4 is 5.91 Å². The van der Waals surface area contributed by atoms with Crippen LogP contribution in [0.2, 0.25) is 0 Å². The predicted octanol–water partition coefficient (Wildman–Crippen LogP) is 4.45. The number of amides is 1. The van der Waals surface area contributed by atoms with Crippen molar-refractivity contribution in [2.24, 2.45) is 5.92 Å². The first-order chi connectivity index (χ1) is 15.7. The van der Waals surface area contributed by atoms with Crippen molar-refractivity contribution < 1.29 is 9.32 Å². The lowest BCUT2D eigenvalue weighted by Crippen LogP contribution is -2.41. The second kappa shape index (κ2) is 9.25. The summed E-state index contributed by atoms with van der Waals surface area (Å²) in [6.07, 6.45) is 5.00. The summed E-state index contributed by atoms with van der Waals surface area (Å²) < 4.78 is 5.48. The molecule has 2 heterocycles. The summed E-state index contributed by atoms with van der Waals surface area (Å²) in [5.41, 5.74) is 4.84. The third kappa shape index (κ3) is 4.60. The number of carbonyl (C=O) groups is 1. The smallest absolute Gasteiger partial charge is 0.241 e. The third-order valence-corrected chi connectivity index (χ3v) is 6.78. The van der Waals surface area contributed by atoms with Gasteiger partial charge in [0.15, 0.2) is 0 Å².